The van der Waals surface area contributed by atoms with E-state index in [0.29, 0.717) is 23.0 Å². The Bertz CT molecular complexity index is 997. The number of hydrogen-bond donors (Lipinski definition) is 0. The van der Waals surface area contributed by atoms with Crippen LogP contribution in [0.15, 0.2) is 48.5 Å². The summed E-state index contributed by atoms with van der Waals surface area (Å²) in [6.45, 7) is 0.704. The number of piperazine rings is 1. The molecule has 6 nitrogen and oxygen atoms in total. The lowest BCUT2D eigenvalue weighted by atomic mass is 10.0. The number of benzene rings is 2. The Balaban J connectivity index is 1.67. The highest BCUT2D eigenvalue weighted by Gasteiger charge is 2.49. The van der Waals surface area contributed by atoms with Gasteiger partial charge in [-0.3, -0.25) is 9.69 Å². The van der Waals surface area contributed by atoms with E-state index in [1.807, 2.05) is 35.2 Å². The molecule has 2 heterocycles. The van der Waals surface area contributed by atoms with Gasteiger partial charge >= 0.3 is 0 Å². The number of methoxy groups -OCH3 is 1. The van der Waals surface area contributed by atoms with Crippen LogP contribution < -0.4 is 9.64 Å². The molecule has 2 aromatic rings. The number of fused-ring (bicyclic) bond motifs is 1. The molecule has 0 N–H and O–H groups in total. The van der Waals surface area contributed by atoms with Crippen molar-refractivity contribution in [2.75, 3.05) is 30.1 Å². The molecule has 0 aromatic heterocycles. The van der Waals surface area contributed by atoms with Gasteiger partial charge in [0.2, 0.25) is 5.91 Å². The highest BCUT2D eigenvalue weighted by atomic mass is 35.5. The number of ether oxygens (including phenoxy) is 1. The third-order valence-corrected chi connectivity index (χ3v) is 7.34. The Kier molecular flexibility index (Phi) is 5.07. The predicted octanol–water partition coefficient (Wildman–Crippen LogP) is 2.36. The number of hydrogen-bond acceptors (Lipinski definition) is 5. The molecule has 2 fully saturated rings. The van der Waals surface area contributed by atoms with Crippen LogP contribution in [0, 0.1) is 0 Å². The van der Waals surface area contributed by atoms with E-state index in [2.05, 4.69) is 0 Å². The lowest BCUT2D eigenvalue weighted by Gasteiger charge is -2.43. The summed E-state index contributed by atoms with van der Waals surface area (Å²) in [6.07, 6.45) is 0. The van der Waals surface area contributed by atoms with E-state index >= 15 is 0 Å². The average molecular weight is 421 g/mol. The topological polar surface area (TPSA) is 66.9 Å². The fraction of sp³-hybridized carbons (Fsp3) is 0.350. The van der Waals surface area contributed by atoms with Crippen LogP contribution in [0.5, 0.6) is 5.75 Å². The summed E-state index contributed by atoms with van der Waals surface area (Å²) in [5, 5.41) is 0.386. The summed E-state index contributed by atoms with van der Waals surface area (Å²) in [6, 6.07) is 14.2. The summed E-state index contributed by atoms with van der Waals surface area (Å²) in [7, 11) is -1.71. The van der Waals surface area contributed by atoms with Crippen molar-refractivity contribution in [3.63, 3.8) is 0 Å². The van der Waals surface area contributed by atoms with Crippen molar-refractivity contribution >= 4 is 33.0 Å². The van der Waals surface area contributed by atoms with E-state index in [1.165, 1.54) is 7.11 Å². The number of carbonyl (C=O) groups is 1. The van der Waals surface area contributed by atoms with E-state index in [4.69, 9.17) is 16.3 Å². The summed E-state index contributed by atoms with van der Waals surface area (Å²) in [4.78, 5) is 16.6. The zero-order valence-electron chi connectivity index (χ0n) is 15.4. The molecule has 28 heavy (non-hydrogen) atoms. The number of nitrogens with zero attached hydrogens (tertiary/aromatic N) is 2. The Morgan fingerprint density at radius 3 is 2.50 bits per heavy atom. The average Bonchev–Trinajstić information content (AvgIpc) is 2.98. The standard InChI is InChI=1S/C20H21ClN2O4S/c1-27-19-8-7-15(9-16(19)21)23-18-13-28(25,26)12-17(18)22(11-20(23)24)10-14-5-3-2-4-6-14/h2-9,17-18H,10-13H2,1H3/t17-,18-/m1/s1. The van der Waals surface area contributed by atoms with Crippen LogP contribution in [-0.2, 0) is 21.2 Å². The van der Waals surface area contributed by atoms with E-state index in [1.54, 1.807) is 23.1 Å². The van der Waals surface area contributed by atoms with Gasteiger partial charge in [-0.25, -0.2) is 8.42 Å². The molecule has 0 spiro atoms. The molecule has 2 atom stereocenters. The minimum atomic E-state index is -3.23. The molecule has 0 saturated carbocycles. The van der Waals surface area contributed by atoms with Gasteiger partial charge in [0.25, 0.3) is 0 Å². The van der Waals surface area contributed by atoms with Gasteiger partial charge in [0, 0.05) is 18.3 Å². The van der Waals surface area contributed by atoms with E-state index < -0.39 is 15.9 Å². The smallest absolute Gasteiger partial charge is 0.241 e. The number of carbonyl (C=O) groups excluding carboxylic acids is 1. The minimum Gasteiger partial charge on any atom is -0.495 e. The number of sulfone groups is 1. The molecular formula is C20H21ClN2O4S. The second-order valence-electron chi connectivity index (χ2n) is 7.18. The predicted molar refractivity (Wildman–Crippen MR) is 109 cm³/mol. The van der Waals surface area contributed by atoms with Gasteiger partial charge in [-0.15, -0.1) is 0 Å². The van der Waals surface area contributed by atoms with Crippen LogP contribution >= 0.6 is 11.6 Å². The Labute approximate surface area is 169 Å². The van der Waals surface area contributed by atoms with Crippen molar-refractivity contribution in [3.8, 4) is 5.75 Å². The second-order valence-corrected chi connectivity index (χ2v) is 9.75. The van der Waals surface area contributed by atoms with Crippen LogP contribution in [0.4, 0.5) is 5.69 Å². The minimum absolute atomic E-state index is 0.0433. The van der Waals surface area contributed by atoms with Crippen molar-refractivity contribution < 1.29 is 17.9 Å². The Morgan fingerprint density at radius 2 is 1.82 bits per heavy atom. The molecule has 2 aliphatic rings. The first-order valence-corrected chi connectivity index (χ1v) is 11.2. The first-order chi connectivity index (χ1) is 13.4. The van der Waals surface area contributed by atoms with Crippen LogP contribution in [0.2, 0.25) is 5.02 Å². The van der Waals surface area contributed by atoms with Gasteiger partial charge in [-0.05, 0) is 23.8 Å². The maximum absolute atomic E-state index is 13.0. The maximum atomic E-state index is 13.0. The lowest BCUT2D eigenvalue weighted by Crippen LogP contribution is -2.61. The van der Waals surface area contributed by atoms with E-state index in [-0.39, 0.29) is 30.0 Å². The maximum Gasteiger partial charge on any atom is 0.241 e. The Morgan fingerprint density at radius 1 is 1.11 bits per heavy atom. The van der Waals surface area contributed by atoms with Crippen molar-refractivity contribution in [1.29, 1.82) is 0 Å². The number of halogens is 1. The SMILES string of the molecule is COc1ccc(N2C(=O)CN(Cc3ccccc3)[C@@H]3CS(=O)(=O)C[C@H]32)cc1Cl. The third kappa shape index (κ3) is 3.62. The molecule has 4 rings (SSSR count). The zero-order valence-corrected chi connectivity index (χ0v) is 17.0. The molecule has 2 aliphatic heterocycles. The van der Waals surface area contributed by atoms with Gasteiger partial charge in [-0.2, -0.15) is 0 Å². The zero-order chi connectivity index (χ0) is 19.9. The van der Waals surface area contributed by atoms with Crippen LogP contribution in [0.3, 0.4) is 0 Å². The summed E-state index contributed by atoms with van der Waals surface area (Å²) < 4.78 is 30.0. The summed E-state index contributed by atoms with van der Waals surface area (Å²) in [5.74, 6) is 0.392. The first kappa shape index (κ1) is 19.2. The van der Waals surface area contributed by atoms with Crippen LogP contribution in [0.1, 0.15) is 5.56 Å². The fourth-order valence-corrected chi connectivity index (χ4v) is 6.32. The molecular weight excluding hydrogens is 400 g/mol. The van der Waals surface area contributed by atoms with Gasteiger partial charge in [-0.1, -0.05) is 41.9 Å². The fourth-order valence-electron chi connectivity index (χ4n) is 4.09. The molecule has 0 bridgehead atoms. The van der Waals surface area contributed by atoms with Crippen LogP contribution in [-0.4, -0.2) is 56.5 Å². The highest BCUT2D eigenvalue weighted by molar-refractivity contribution is 7.91. The van der Waals surface area contributed by atoms with Gasteiger partial charge in [0.15, 0.2) is 9.84 Å². The van der Waals surface area contributed by atoms with Gasteiger partial charge < -0.3 is 9.64 Å². The summed E-state index contributed by atoms with van der Waals surface area (Å²) >= 11 is 6.24. The van der Waals surface area contributed by atoms with Crippen molar-refractivity contribution in [1.82, 2.24) is 4.90 Å². The van der Waals surface area contributed by atoms with E-state index in [9.17, 15) is 13.2 Å². The quantitative estimate of drug-likeness (QED) is 0.759. The normalized spacial score (nSPS) is 24.2. The highest BCUT2D eigenvalue weighted by Crippen LogP contribution is 2.35. The van der Waals surface area contributed by atoms with Crippen molar-refractivity contribution in [2.45, 2.75) is 18.6 Å². The molecule has 0 radical (unpaired) electrons. The summed E-state index contributed by atoms with van der Waals surface area (Å²) in [5.41, 5.74) is 1.65. The second kappa shape index (κ2) is 7.39. The van der Waals surface area contributed by atoms with Crippen molar-refractivity contribution in [2.24, 2.45) is 0 Å². The molecule has 0 aliphatic carbocycles. The lowest BCUT2D eigenvalue weighted by molar-refractivity contribution is -0.123. The number of amides is 1. The largest absolute Gasteiger partial charge is 0.495 e. The van der Waals surface area contributed by atoms with Gasteiger partial charge in [0.1, 0.15) is 5.75 Å². The third-order valence-electron chi connectivity index (χ3n) is 5.34. The molecule has 2 aromatic carbocycles. The van der Waals surface area contributed by atoms with E-state index in [0.717, 1.165) is 5.56 Å². The molecule has 1 amide bonds. The van der Waals surface area contributed by atoms with Gasteiger partial charge in [0.05, 0.1) is 36.2 Å². The monoisotopic (exact) mass is 420 g/mol. The first-order valence-electron chi connectivity index (χ1n) is 9.02. The van der Waals surface area contributed by atoms with Crippen LogP contribution in [0.25, 0.3) is 0 Å². The number of anilines is 1. The van der Waals surface area contributed by atoms with Crippen molar-refractivity contribution in [3.05, 3.63) is 59.1 Å². The number of rotatable bonds is 4. The Hall–Kier alpha value is -2.09. The molecule has 0 unspecified atom stereocenters. The molecule has 148 valence electrons. The molecule has 2 saturated heterocycles. The molecule has 8 heteroatoms.